The summed E-state index contributed by atoms with van der Waals surface area (Å²) in [5.41, 5.74) is 9.69. The molecule has 7 aromatic carbocycles. The molecule has 0 atom stereocenters. The maximum atomic E-state index is 5.37. The third kappa shape index (κ3) is 2.98. The highest BCUT2D eigenvalue weighted by Crippen LogP contribution is 2.48. The van der Waals surface area contributed by atoms with Gasteiger partial charge >= 0.3 is 0 Å². The second-order valence-electron chi connectivity index (χ2n) is 12.2. The number of nitrogens with zero attached hydrogens (tertiary/aromatic N) is 4. The maximum absolute atomic E-state index is 5.37. The Bertz CT molecular complexity index is 3020. The summed E-state index contributed by atoms with van der Waals surface area (Å²) in [6, 6.07) is 52.0. The molecule has 0 aliphatic heterocycles. The molecule has 11 aromatic rings. The lowest BCUT2D eigenvalue weighted by Gasteiger charge is -2.14. The summed E-state index contributed by atoms with van der Waals surface area (Å²) in [5, 5.41) is 10.0. The van der Waals surface area contributed by atoms with Crippen LogP contribution in [0.3, 0.4) is 0 Å². The number of rotatable bonds is 2. The van der Waals surface area contributed by atoms with Gasteiger partial charge in [0.2, 0.25) is 0 Å². The minimum Gasteiger partial charge on any atom is -0.307 e. The molecule has 4 aromatic heterocycles. The van der Waals surface area contributed by atoms with Gasteiger partial charge in [-0.05, 0) is 35.7 Å². The summed E-state index contributed by atoms with van der Waals surface area (Å²) in [7, 11) is 0. The van der Waals surface area contributed by atoms with Crippen molar-refractivity contribution in [3.63, 3.8) is 0 Å². The third-order valence-corrected chi connectivity index (χ3v) is 9.80. The highest BCUT2D eigenvalue weighted by atomic mass is 15.1. The molecule has 212 valence electrons. The predicted octanol–water partition coefficient (Wildman–Crippen LogP) is 10.7. The Balaban J connectivity index is 1.42. The Labute approximate surface area is 262 Å². The van der Waals surface area contributed by atoms with E-state index in [1.165, 1.54) is 59.6 Å². The number of hydrogen-bond acceptors (Lipinski definition) is 2. The Hall–Kier alpha value is -6.26. The monoisotopic (exact) mass is 584 g/mol. The van der Waals surface area contributed by atoms with Crippen LogP contribution in [0.15, 0.2) is 146 Å². The summed E-state index contributed by atoms with van der Waals surface area (Å²) >= 11 is 0. The van der Waals surface area contributed by atoms with Crippen molar-refractivity contribution in [2.45, 2.75) is 0 Å². The smallest absolute Gasteiger partial charge is 0.165 e. The van der Waals surface area contributed by atoms with Gasteiger partial charge in [-0.15, -0.1) is 0 Å². The Morgan fingerprint density at radius 2 is 1.09 bits per heavy atom. The van der Waals surface area contributed by atoms with E-state index >= 15 is 0 Å². The van der Waals surface area contributed by atoms with Gasteiger partial charge in [-0.25, -0.2) is 9.97 Å². The Kier molecular flexibility index (Phi) is 4.55. The van der Waals surface area contributed by atoms with E-state index in [0.29, 0.717) is 0 Å². The minimum absolute atomic E-state index is 0.836. The van der Waals surface area contributed by atoms with Crippen LogP contribution < -0.4 is 0 Å². The summed E-state index contributed by atoms with van der Waals surface area (Å²) in [6.07, 6.45) is 0. The molecule has 4 heterocycles. The first-order chi connectivity index (χ1) is 22.8. The first kappa shape index (κ1) is 24.1. The molecule has 4 heteroatoms. The number of fused-ring (bicyclic) bond motifs is 13. The summed E-state index contributed by atoms with van der Waals surface area (Å²) in [4.78, 5) is 10.6. The molecule has 0 saturated carbocycles. The van der Waals surface area contributed by atoms with Crippen molar-refractivity contribution in [2.24, 2.45) is 0 Å². The van der Waals surface area contributed by atoms with E-state index in [1.807, 2.05) is 24.3 Å². The van der Waals surface area contributed by atoms with Gasteiger partial charge in [-0.1, -0.05) is 115 Å². The molecular formula is C42H24N4. The Morgan fingerprint density at radius 3 is 1.93 bits per heavy atom. The van der Waals surface area contributed by atoms with Crippen LogP contribution in [0.5, 0.6) is 0 Å². The molecule has 0 aliphatic rings. The lowest BCUT2D eigenvalue weighted by Crippen LogP contribution is -2.03. The molecule has 0 bridgehead atoms. The fourth-order valence-corrected chi connectivity index (χ4v) is 7.93. The van der Waals surface area contributed by atoms with Crippen molar-refractivity contribution >= 4 is 81.7 Å². The van der Waals surface area contributed by atoms with Crippen molar-refractivity contribution in [2.75, 3.05) is 0 Å². The first-order valence-electron chi connectivity index (χ1n) is 15.7. The van der Waals surface area contributed by atoms with Gasteiger partial charge in [0.15, 0.2) is 5.82 Å². The molecule has 11 rings (SSSR count). The zero-order chi connectivity index (χ0) is 29.9. The highest BCUT2D eigenvalue weighted by molar-refractivity contribution is 6.37. The van der Waals surface area contributed by atoms with Crippen LogP contribution >= 0.6 is 0 Å². The molecular weight excluding hydrogens is 560 g/mol. The normalized spacial score (nSPS) is 12.3. The fraction of sp³-hybridized carbons (Fsp3) is 0. The average molecular weight is 585 g/mol. The highest BCUT2D eigenvalue weighted by Gasteiger charge is 2.26. The number of benzene rings is 7. The van der Waals surface area contributed by atoms with Gasteiger partial charge in [-0.3, -0.25) is 4.57 Å². The number of hydrogen-bond donors (Lipinski definition) is 0. The van der Waals surface area contributed by atoms with Crippen LogP contribution in [0.1, 0.15) is 0 Å². The van der Waals surface area contributed by atoms with E-state index in [-0.39, 0.29) is 0 Å². The van der Waals surface area contributed by atoms with Crippen LogP contribution in [0.4, 0.5) is 0 Å². The molecule has 0 N–H and O–H groups in total. The molecule has 0 fully saturated rings. The molecule has 46 heavy (non-hydrogen) atoms. The van der Waals surface area contributed by atoms with Gasteiger partial charge in [0, 0.05) is 43.3 Å². The van der Waals surface area contributed by atoms with Crippen LogP contribution in [-0.2, 0) is 0 Å². The van der Waals surface area contributed by atoms with Crippen molar-refractivity contribution < 1.29 is 0 Å². The van der Waals surface area contributed by atoms with Gasteiger partial charge in [0.1, 0.15) is 5.69 Å². The van der Waals surface area contributed by atoms with Crippen LogP contribution in [0.2, 0.25) is 0 Å². The average Bonchev–Trinajstić information content (AvgIpc) is 3.76. The standard InChI is InChI=1S/C42H24N4/c1-2-13-26(14-3-1)39-42(44-33-19-9-8-18-32(33)43-39)45-35-21-11-7-17-29(35)37-36(45)24-31-28-16-6-10-20-34(28)46-40-27-15-5-4-12-25(27)22-23-30(40)38(37)41(31)46/h1-24H. The van der Waals surface area contributed by atoms with E-state index in [0.717, 1.165) is 39.1 Å². The summed E-state index contributed by atoms with van der Waals surface area (Å²) in [5.74, 6) is 0.836. The second-order valence-corrected chi connectivity index (χ2v) is 12.2. The Morgan fingerprint density at radius 1 is 0.413 bits per heavy atom. The zero-order valence-corrected chi connectivity index (χ0v) is 24.6. The zero-order valence-electron chi connectivity index (χ0n) is 24.6. The van der Waals surface area contributed by atoms with E-state index in [1.54, 1.807) is 0 Å². The van der Waals surface area contributed by atoms with Crippen LogP contribution in [0, 0.1) is 0 Å². The third-order valence-electron chi connectivity index (χ3n) is 9.80. The van der Waals surface area contributed by atoms with Crippen LogP contribution in [0.25, 0.3) is 98.8 Å². The van der Waals surface area contributed by atoms with Crippen molar-refractivity contribution in [1.29, 1.82) is 0 Å². The van der Waals surface area contributed by atoms with Crippen molar-refractivity contribution in [3.05, 3.63) is 146 Å². The van der Waals surface area contributed by atoms with Gasteiger partial charge in [0.05, 0.1) is 38.6 Å². The summed E-state index contributed by atoms with van der Waals surface area (Å²) in [6.45, 7) is 0. The van der Waals surface area contributed by atoms with Gasteiger partial charge in [0.25, 0.3) is 0 Å². The lowest BCUT2D eigenvalue weighted by molar-refractivity contribution is 1.08. The molecule has 4 nitrogen and oxygen atoms in total. The van der Waals surface area contributed by atoms with E-state index < -0.39 is 0 Å². The first-order valence-corrected chi connectivity index (χ1v) is 15.7. The van der Waals surface area contributed by atoms with E-state index in [2.05, 4.69) is 130 Å². The van der Waals surface area contributed by atoms with Gasteiger partial charge in [-0.2, -0.15) is 0 Å². The largest absolute Gasteiger partial charge is 0.307 e. The topological polar surface area (TPSA) is 35.1 Å². The van der Waals surface area contributed by atoms with Crippen LogP contribution in [-0.4, -0.2) is 18.9 Å². The van der Waals surface area contributed by atoms with E-state index in [9.17, 15) is 0 Å². The lowest BCUT2D eigenvalue weighted by atomic mass is 10.00. The SMILES string of the molecule is c1ccc(-c2nc3ccccc3nc2-n2c3ccccc3c3c4c5ccc6ccccc6c5n5c6ccccc6c(cc32)c45)cc1. The predicted molar refractivity (Wildman–Crippen MR) is 191 cm³/mol. The molecule has 0 saturated heterocycles. The van der Waals surface area contributed by atoms with Gasteiger partial charge < -0.3 is 4.40 Å². The number of aromatic nitrogens is 4. The second kappa shape index (κ2) is 8.68. The summed E-state index contributed by atoms with van der Waals surface area (Å²) < 4.78 is 4.86. The quantitative estimate of drug-likeness (QED) is 0.203. The fourth-order valence-electron chi connectivity index (χ4n) is 7.93. The molecule has 0 radical (unpaired) electrons. The van der Waals surface area contributed by atoms with E-state index in [4.69, 9.17) is 9.97 Å². The van der Waals surface area contributed by atoms with Crippen molar-refractivity contribution in [1.82, 2.24) is 18.9 Å². The number of para-hydroxylation sites is 4. The molecule has 0 spiro atoms. The molecule has 0 amide bonds. The molecule has 0 unspecified atom stereocenters. The van der Waals surface area contributed by atoms with Crippen molar-refractivity contribution in [3.8, 4) is 17.1 Å². The maximum Gasteiger partial charge on any atom is 0.165 e. The minimum atomic E-state index is 0.836. The molecule has 0 aliphatic carbocycles.